The van der Waals surface area contributed by atoms with Gasteiger partial charge in [0, 0.05) is 38.7 Å². The lowest BCUT2D eigenvalue weighted by atomic mass is 9.82. The van der Waals surface area contributed by atoms with E-state index >= 15 is 0 Å². The molecule has 1 amide bonds. The van der Waals surface area contributed by atoms with Gasteiger partial charge in [0.2, 0.25) is 5.91 Å². The fraction of sp³-hybridized carbons (Fsp3) is 0.611. The van der Waals surface area contributed by atoms with Gasteiger partial charge in [0.1, 0.15) is 11.6 Å². The van der Waals surface area contributed by atoms with Gasteiger partial charge in [-0.15, -0.1) is 0 Å². The minimum atomic E-state index is -0.781. The van der Waals surface area contributed by atoms with Crippen LogP contribution in [-0.4, -0.2) is 53.9 Å². The molecular formula is C18H24F2N2O3. The zero-order chi connectivity index (χ0) is 17.9. The van der Waals surface area contributed by atoms with Gasteiger partial charge in [-0.2, -0.15) is 0 Å². The molecule has 5 nitrogen and oxygen atoms in total. The molecule has 0 radical (unpaired) electrons. The van der Waals surface area contributed by atoms with Gasteiger partial charge in [0.15, 0.2) is 0 Å². The summed E-state index contributed by atoms with van der Waals surface area (Å²) in [7, 11) is 0. The van der Waals surface area contributed by atoms with Crippen LogP contribution in [-0.2, 0) is 9.53 Å². The Morgan fingerprint density at radius 3 is 2.80 bits per heavy atom. The van der Waals surface area contributed by atoms with Crippen molar-refractivity contribution in [3.63, 3.8) is 0 Å². The highest BCUT2D eigenvalue weighted by Crippen LogP contribution is 2.35. The second kappa shape index (κ2) is 7.76. The number of anilines is 1. The maximum atomic E-state index is 13.5. The molecule has 1 atom stereocenters. The Bertz CT molecular complexity index is 618. The molecule has 25 heavy (non-hydrogen) atoms. The molecule has 2 heterocycles. The van der Waals surface area contributed by atoms with E-state index < -0.39 is 23.3 Å². The summed E-state index contributed by atoms with van der Waals surface area (Å²) >= 11 is 0. The topological polar surface area (TPSA) is 61.8 Å². The molecule has 2 aliphatic rings. The first kappa shape index (κ1) is 18.2. The molecule has 0 saturated carbocycles. The standard InChI is InChI=1S/C18H24F2N2O3/c19-13-3-4-15(14(20)12-13)21-17(24)5-8-22-9-6-18(7-10-22)16(23)2-1-11-25-18/h3-4,12,16,23H,1-2,5-11H2,(H,21,24)/t16-/m1/s1. The summed E-state index contributed by atoms with van der Waals surface area (Å²) in [6.07, 6.45) is 3.00. The monoisotopic (exact) mass is 354 g/mol. The lowest BCUT2D eigenvalue weighted by Gasteiger charge is -2.46. The summed E-state index contributed by atoms with van der Waals surface area (Å²) in [5.41, 5.74) is -0.434. The zero-order valence-electron chi connectivity index (χ0n) is 14.1. The number of hydrogen-bond donors (Lipinski definition) is 2. The number of carbonyl (C=O) groups excluding carboxylic acids is 1. The van der Waals surface area contributed by atoms with Crippen LogP contribution in [0.3, 0.4) is 0 Å². The second-order valence-corrected chi connectivity index (χ2v) is 6.84. The molecule has 0 aromatic heterocycles. The molecule has 1 aromatic carbocycles. The molecule has 2 N–H and O–H groups in total. The summed E-state index contributed by atoms with van der Waals surface area (Å²) in [6.45, 7) is 2.77. The Morgan fingerprint density at radius 1 is 1.36 bits per heavy atom. The second-order valence-electron chi connectivity index (χ2n) is 6.84. The van der Waals surface area contributed by atoms with E-state index in [0.717, 1.165) is 50.9 Å². The van der Waals surface area contributed by atoms with E-state index in [1.54, 1.807) is 0 Å². The largest absolute Gasteiger partial charge is 0.390 e. The zero-order valence-corrected chi connectivity index (χ0v) is 14.1. The van der Waals surface area contributed by atoms with E-state index in [1.807, 2.05) is 0 Å². The molecule has 3 rings (SSSR count). The van der Waals surface area contributed by atoms with Gasteiger partial charge in [0.05, 0.1) is 17.4 Å². The van der Waals surface area contributed by atoms with E-state index in [2.05, 4.69) is 10.2 Å². The van der Waals surface area contributed by atoms with Crippen LogP contribution in [0.2, 0.25) is 0 Å². The lowest BCUT2D eigenvalue weighted by Crippen LogP contribution is -2.55. The summed E-state index contributed by atoms with van der Waals surface area (Å²) in [4.78, 5) is 14.1. The summed E-state index contributed by atoms with van der Waals surface area (Å²) in [5.74, 6) is -1.76. The van der Waals surface area contributed by atoms with Crippen LogP contribution in [0.25, 0.3) is 0 Å². The normalized spacial score (nSPS) is 23.6. The van der Waals surface area contributed by atoms with Gasteiger partial charge in [-0.1, -0.05) is 0 Å². The van der Waals surface area contributed by atoms with Gasteiger partial charge < -0.3 is 20.1 Å². The summed E-state index contributed by atoms with van der Waals surface area (Å²) in [6, 6.07) is 3.07. The SMILES string of the molecule is O=C(CCN1CCC2(CC1)OCCC[C@H]2O)Nc1ccc(F)cc1F. The van der Waals surface area contributed by atoms with Crippen molar-refractivity contribution in [3.05, 3.63) is 29.8 Å². The number of hydrogen-bond acceptors (Lipinski definition) is 4. The van der Waals surface area contributed by atoms with E-state index in [1.165, 1.54) is 6.07 Å². The predicted molar refractivity (Wildman–Crippen MR) is 89.2 cm³/mol. The van der Waals surface area contributed by atoms with Crippen LogP contribution in [0.5, 0.6) is 0 Å². The van der Waals surface area contributed by atoms with Crippen LogP contribution < -0.4 is 5.32 Å². The highest BCUT2D eigenvalue weighted by Gasteiger charge is 2.43. The molecule has 1 spiro atoms. The number of piperidine rings is 1. The smallest absolute Gasteiger partial charge is 0.225 e. The van der Waals surface area contributed by atoms with Crippen LogP contribution in [0.1, 0.15) is 32.1 Å². The molecule has 7 heteroatoms. The van der Waals surface area contributed by atoms with Crippen molar-refractivity contribution in [2.45, 2.75) is 43.8 Å². The fourth-order valence-corrected chi connectivity index (χ4v) is 3.61. The number of aliphatic hydroxyl groups is 1. The first-order chi connectivity index (χ1) is 12.0. The van der Waals surface area contributed by atoms with Gasteiger partial charge in [-0.05, 0) is 37.8 Å². The number of nitrogens with one attached hydrogen (secondary N) is 1. The number of carbonyl (C=O) groups is 1. The number of amides is 1. The van der Waals surface area contributed by atoms with Crippen LogP contribution >= 0.6 is 0 Å². The molecule has 2 saturated heterocycles. The van der Waals surface area contributed by atoms with Crippen LogP contribution in [0.4, 0.5) is 14.5 Å². The number of ether oxygens (including phenoxy) is 1. The Morgan fingerprint density at radius 2 is 2.12 bits per heavy atom. The van der Waals surface area contributed by atoms with E-state index in [-0.39, 0.29) is 18.0 Å². The van der Waals surface area contributed by atoms with Gasteiger partial charge in [-0.25, -0.2) is 8.78 Å². The third-order valence-corrected chi connectivity index (χ3v) is 5.18. The summed E-state index contributed by atoms with van der Waals surface area (Å²) < 4.78 is 32.3. The molecule has 2 fully saturated rings. The average Bonchev–Trinajstić information content (AvgIpc) is 2.60. The van der Waals surface area contributed by atoms with Gasteiger partial charge in [-0.3, -0.25) is 4.79 Å². The predicted octanol–water partition coefficient (Wildman–Crippen LogP) is 2.30. The average molecular weight is 354 g/mol. The van der Waals surface area contributed by atoms with Crippen LogP contribution in [0.15, 0.2) is 18.2 Å². The van der Waals surface area contributed by atoms with E-state index in [4.69, 9.17) is 4.74 Å². The Hall–Kier alpha value is -1.57. The van der Waals surface area contributed by atoms with Crippen molar-refractivity contribution in [1.82, 2.24) is 4.90 Å². The summed E-state index contributed by atoms with van der Waals surface area (Å²) in [5, 5.41) is 12.7. The minimum absolute atomic E-state index is 0.0114. The van der Waals surface area contributed by atoms with Crippen molar-refractivity contribution in [3.8, 4) is 0 Å². The number of halogens is 2. The third-order valence-electron chi connectivity index (χ3n) is 5.18. The first-order valence-electron chi connectivity index (χ1n) is 8.78. The van der Waals surface area contributed by atoms with Crippen molar-refractivity contribution < 1.29 is 23.4 Å². The van der Waals surface area contributed by atoms with Crippen molar-refractivity contribution in [2.24, 2.45) is 0 Å². The fourth-order valence-electron chi connectivity index (χ4n) is 3.61. The molecular weight excluding hydrogens is 330 g/mol. The molecule has 0 aliphatic carbocycles. The number of nitrogens with zero attached hydrogens (tertiary/aromatic N) is 1. The van der Waals surface area contributed by atoms with Gasteiger partial charge >= 0.3 is 0 Å². The highest BCUT2D eigenvalue weighted by molar-refractivity contribution is 5.90. The van der Waals surface area contributed by atoms with E-state index in [0.29, 0.717) is 13.2 Å². The minimum Gasteiger partial charge on any atom is -0.390 e. The number of likely N-dealkylation sites (tertiary alicyclic amines) is 1. The number of benzene rings is 1. The Labute approximate surface area is 146 Å². The van der Waals surface area contributed by atoms with Crippen molar-refractivity contribution in [2.75, 3.05) is 31.6 Å². The maximum Gasteiger partial charge on any atom is 0.225 e. The lowest BCUT2D eigenvalue weighted by molar-refractivity contribution is -0.176. The van der Waals surface area contributed by atoms with Crippen LogP contribution in [0, 0.1) is 11.6 Å². The molecule has 138 valence electrons. The molecule has 2 aliphatic heterocycles. The molecule has 1 aromatic rings. The molecule has 0 unspecified atom stereocenters. The van der Waals surface area contributed by atoms with Gasteiger partial charge in [0.25, 0.3) is 0 Å². The van der Waals surface area contributed by atoms with E-state index in [9.17, 15) is 18.7 Å². The Balaban J connectivity index is 1.44. The quantitative estimate of drug-likeness (QED) is 0.871. The third kappa shape index (κ3) is 4.34. The molecule has 0 bridgehead atoms. The van der Waals surface area contributed by atoms with Crippen molar-refractivity contribution in [1.29, 1.82) is 0 Å². The Kier molecular flexibility index (Phi) is 5.66. The number of aliphatic hydroxyl groups excluding tert-OH is 1. The number of rotatable bonds is 4. The van der Waals surface area contributed by atoms with Crippen molar-refractivity contribution >= 4 is 11.6 Å². The maximum absolute atomic E-state index is 13.5. The first-order valence-corrected chi connectivity index (χ1v) is 8.78. The highest BCUT2D eigenvalue weighted by atomic mass is 19.1.